The molecule has 1 heteroatoms. The zero-order valence-corrected chi connectivity index (χ0v) is 11.3. The zero-order valence-electron chi connectivity index (χ0n) is 11.3. The Bertz CT molecular complexity index is 123. The summed E-state index contributed by atoms with van der Waals surface area (Å²) in [6.45, 7) is 10.2. The summed E-state index contributed by atoms with van der Waals surface area (Å²) >= 11 is 0. The maximum Gasteiger partial charge on any atom is 0.0243 e. The SMILES string of the molecule is CCCCCCC[N]C(C)C(C)CCC. The van der Waals surface area contributed by atoms with E-state index in [1.807, 2.05) is 0 Å². The van der Waals surface area contributed by atoms with Gasteiger partial charge in [-0.3, -0.25) is 0 Å². The minimum Gasteiger partial charge on any atom is -0.238 e. The van der Waals surface area contributed by atoms with Crippen molar-refractivity contribution in [1.82, 2.24) is 5.32 Å². The van der Waals surface area contributed by atoms with Crippen LogP contribution in [0.5, 0.6) is 0 Å². The molecule has 0 fully saturated rings. The first kappa shape index (κ1) is 15.0. The van der Waals surface area contributed by atoms with Crippen LogP contribution < -0.4 is 5.32 Å². The van der Waals surface area contributed by atoms with E-state index in [1.165, 1.54) is 44.9 Å². The van der Waals surface area contributed by atoms with Crippen molar-refractivity contribution in [2.24, 2.45) is 5.92 Å². The van der Waals surface area contributed by atoms with E-state index in [4.69, 9.17) is 5.32 Å². The Labute approximate surface area is 97.0 Å². The maximum absolute atomic E-state index is 4.74. The van der Waals surface area contributed by atoms with E-state index in [-0.39, 0.29) is 0 Å². The predicted octanol–water partition coefficient (Wildman–Crippen LogP) is 4.39. The van der Waals surface area contributed by atoms with E-state index in [9.17, 15) is 0 Å². The van der Waals surface area contributed by atoms with E-state index in [2.05, 4.69) is 27.7 Å². The highest BCUT2D eigenvalue weighted by Gasteiger charge is 2.10. The van der Waals surface area contributed by atoms with Gasteiger partial charge < -0.3 is 0 Å². The van der Waals surface area contributed by atoms with Gasteiger partial charge in [-0.2, -0.15) is 0 Å². The fourth-order valence-electron chi connectivity index (χ4n) is 1.89. The van der Waals surface area contributed by atoms with Crippen LogP contribution in [0.2, 0.25) is 0 Å². The lowest BCUT2D eigenvalue weighted by atomic mass is 9.98. The fraction of sp³-hybridized carbons (Fsp3) is 1.00. The average Bonchev–Trinajstić information content (AvgIpc) is 2.23. The Morgan fingerprint density at radius 1 is 0.867 bits per heavy atom. The third kappa shape index (κ3) is 8.92. The Morgan fingerprint density at radius 3 is 2.13 bits per heavy atom. The zero-order chi connectivity index (χ0) is 11.5. The number of hydrogen-bond acceptors (Lipinski definition) is 0. The molecule has 0 aliphatic heterocycles. The highest BCUT2D eigenvalue weighted by molar-refractivity contribution is 4.67. The van der Waals surface area contributed by atoms with Gasteiger partial charge in [-0.25, -0.2) is 5.32 Å². The van der Waals surface area contributed by atoms with Gasteiger partial charge in [0.2, 0.25) is 0 Å². The molecule has 0 N–H and O–H groups in total. The van der Waals surface area contributed by atoms with Gasteiger partial charge in [0.1, 0.15) is 0 Å². The molecule has 2 atom stereocenters. The quantitative estimate of drug-likeness (QED) is 0.477. The van der Waals surface area contributed by atoms with Crippen molar-refractivity contribution in [3.8, 4) is 0 Å². The number of rotatable bonds is 10. The Kier molecular flexibility index (Phi) is 10.4. The van der Waals surface area contributed by atoms with Gasteiger partial charge in [0.25, 0.3) is 0 Å². The van der Waals surface area contributed by atoms with Crippen LogP contribution >= 0.6 is 0 Å². The van der Waals surface area contributed by atoms with E-state index in [0.717, 1.165) is 12.5 Å². The lowest BCUT2D eigenvalue weighted by Gasteiger charge is -2.18. The minimum absolute atomic E-state index is 0.566. The van der Waals surface area contributed by atoms with E-state index >= 15 is 0 Å². The summed E-state index contributed by atoms with van der Waals surface area (Å²) in [5, 5.41) is 4.74. The summed E-state index contributed by atoms with van der Waals surface area (Å²) in [7, 11) is 0. The summed E-state index contributed by atoms with van der Waals surface area (Å²) < 4.78 is 0. The molecule has 0 aromatic rings. The molecule has 0 aliphatic rings. The smallest absolute Gasteiger partial charge is 0.0243 e. The molecular weight excluding hydrogens is 182 g/mol. The molecule has 0 aromatic carbocycles. The first-order valence-corrected chi connectivity index (χ1v) is 6.88. The topological polar surface area (TPSA) is 14.1 Å². The van der Waals surface area contributed by atoms with Crippen molar-refractivity contribution >= 4 is 0 Å². The van der Waals surface area contributed by atoms with Crippen LogP contribution in [0, 0.1) is 5.92 Å². The van der Waals surface area contributed by atoms with Gasteiger partial charge in [-0.05, 0) is 25.7 Å². The van der Waals surface area contributed by atoms with Crippen molar-refractivity contribution in [3.05, 3.63) is 0 Å². The monoisotopic (exact) mass is 212 g/mol. The van der Waals surface area contributed by atoms with Crippen molar-refractivity contribution in [2.45, 2.75) is 78.7 Å². The van der Waals surface area contributed by atoms with Crippen LogP contribution in [-0.2, 0) is 0 Å². The molecule has 0 amide bonds. The molecule has 0 spiro atoms. The Morgan fingerprint density at radius 2 is 1.53 bits per heavy atom. The predicted molar refractivity (Wildman–Crippen MR) is 69.3 cm³/mol. The molecule has 2 unspecified atom stereocenters. The van der Waals surface area contributed by atoms with Gasteiger partial charge in [0.15, 0.2) is 0 Å². The summed E-state index contributed by atoms with van der Waals surface area (Å²) in [4.78, 5) is 0. The highest BCUT2D eigenvalue weighted by atomic mass is 14.9. The lowest BCUT2D eigenvalue weighted by Crippen LogP contribution is -2.26. The molecule has 0 heterocycles. The normalized spacial score (nSPS) is 15.2. The summed E-state index contributed by atoms with van der Waals surface area (Å²) in [5.41, 5.74) is 0. The minimum atomic E-state index is 0.566. The molecule has 0 aliphatic carbocycles. The van der Waals surface area contributed by atoms with Gasteiger partial charge in [-0.1, -0.05) is 52.9 Å². The maximum atomic E-state index is 4.74. The van der Waals surface area contributed by atoms with Gasteiger partial charge in [0, 0.05) is 12.6 Å². The molecule has 15 heavy (non-hydrogen) atoms. The Hall–Kier alpha value is -0.0400. The molecule has 0 saturated carbocycles. The van der Waals surface area contributed by atoms with E-state index in [1.54, 1.807) is 0 Å². The number of nitrogens with zero attached hydrogens (tertiary/aromatic N) is 1. The van der Waals surface area contributed by atoms with Gasteiger partial charge in [0.05, 0.1) is 0 Å². The summed E-state index contributed by atoms with van der Waals surface area (Å²) in [6.07, 6.45) is 9.39. The highest BCUT2D eigenvalue weighted by Crippen LogP contribution is 2.11. The molecule has 1 radical (unpaired) electrons. The average molecular weight is 212 g/mol. The second-order valence-electron chi connectivity index (χ2n) is 4.83. The van der Waals surface area contributed by atoms with Crippen LogP contribution in [-0.4, -0.2) is 12.6 Å². The molecule has 0 bridgehead atoms. The van der Waals surface area contributed by atoms with Crippen molar-refractivity contribution in [3.63, 3.8) is 0 Å². The largest absolute Gasteiger partial charge is 0.238 e. The molecule has 0 rings (SSSR count). The fourth-order valence-corrected chi connectivity index (χ4v) is 1.89. The van der Waals surface area contributed by atoms with Gasteiger partial charge in [-0.15, -0.1) is 0 Å². The van der Waals surface area contributed by atoms with E-state index in [0.29, 0.717) is 6.04 Å². The molecule has 0 saturated heterocycles. The van der Waals surface area contributed by atoms with Crippen LogP contribution in [0.15, 0.2) is 0 Å². The summed E-state index contributed by atoms with van der Waals surface area (Å²) in [6, 6.07) is 0.566. The third-order valence-corrected chi connectivity index (χ3v) is 3.25. The standard InChI is InChI=1S/C14H30N/c1-5-7-8-9-10-12-15-14(4)13(3)11-6-2/h13-14H,5-12H2,1-4H3. The van der Waals surface area contributed by atoms with Gasteiger partial charge >= 0.3 is 0 Å². The van der Waals surface area contributed by atoms with Crippen LogP contribution in [0.25, 0.3) is 0 Å². The van der Waals surface area contributed by atoms with Crippen LogP contribution in [0.4, 0.5) is 0 Å². The van der Waals surface area contributed by atoms with E-state index < -0.39 is 0 Å². The Balaban J connectivity index is 3.26. The van der Waals surface area contributed by atoms with Crippen LogP contribution in [0.1, 0.15) is 72.6 Å². The number of hydrogen-bond donors (Lipinski definition) is 0. The number of unbranched alkanes of at least 4 members (excludes halogenated alkanes) is 4. The van der Waals surface area contributed by atoms with Crippen molar-refractivity contribution in [2.75, 3.05) is 6.54 Å². The third-order valence-electron chi connectivity index (χ3n) is 3.25. The van der Waals surface area contributed by atoms with Crippen LogP contribution in [0.3, 0.4) is 0 Å². The van der Waals surface area contributed by atoms with Crippen molar-refractivity contribution < 1.29 is 0 Å². The molecule has 1 nitrogen and oxygen atoms in total. The lowest BCUT2D eigenvalue weighted by molar-refractivity contribution is 0.366. The summed E-state index contributed by atoms with van der Waals surface area (Å²) in [5.74, 6) is 0.769. The second kappa shape index (κ2) is 10.5. The molecule has 0 aromatic heterocycles. The first-order valence-electron chi connectivity index (χ1n) is 6.88. The molecule has 91 valence electrons. The first-order chi connectivity index (χ1) is 7.22. The van der Waals surface area contributed by atoms with Crippen molar-refractivity contribution in [1.29, 1.82) is 0 Å². The second-order valence-corrected chi connectivity index (χ2v) is 4.83. The molecular formula is C14H30N.